The summed E-state index contributed by atoms with van der Waals surface area (Å²) in [5.41, 5.74) is 5.04. The number of carbonyl (C=O) groups excluding carboxylic acids is 2. The van der Waals surface area contributed by atoms with Crippen molar-refractivity contribution in [1.82, 2.24) is 10.6 Å². The first-order valence-electron chi connectivity index (χ1n) is 6.82. The second-order valence-electron chi connectivity index (χ2n) is 5.91. The Morgan fingerprint density at radius 3 is 2.44 bits per heavy atom. The van der Waals surface area contributed by atoms with Crippen LogP contribution in [0.2, 0.25) is 0 Å². The van der Waals surface area contributed by atoms with Gasteiger partial charge in [0.15, 0.2) is 0 Å². The van der Waals surface area contributed by atoms with Crippen LogP contribution in [-0.2, 0) is 9.59 Å². The molecule has 0 aromatic heterocycles. The molecule has 1 aliphatic heterocycles. The van der Waals surface area contributed by atoms with Crippen LogP contribution < -0.4 is 16.4 Å². The quantitative estimate of drug-likeness (QED) is 0.669. The van der Waals surface area contributed by atoms with Gasteiger partial charge in [-0.1, -0.05) is 0 Å². The molecule has 0 bridgehead atoms. The predicted octanol–water partition coefficient (Wildman–Crippen LogP) is 0.146. The van der Waals surface area contributed by atoms with E-state index in [1.807, 2.05) is 6.92 Å². The predicted molar refractivity (Wildman–Crippen MR) is 68.7 cm³/mol. The molecule has 0 aromatic rings. The molecule has 1 aliphatic carbocycles. The highest BCUT2D eigenvalue weighted by Gasteiger charge is 2.37. The molecule has 1 atom stereocenters. The molecule has 2 fully saturated rings. The molecule has 0 spiro atoms. The number of nitrogens with one attached hydrogen (secondary N) is 2. The van der Waals surface area contributed by atoms with Crippen LogP contribution in [0.4, 0.5) is 0 Å². The Hall–Kier alpha value is -1.10. The molecule has 18 heavy (non-hydrogen) atoms. The number of primary amides is 1. The Kier molecular flexibility index (Phi) is 3.90. The van der Waals surface area contributed by atoms with E-state index in [9.17, 15) is 9.59 Å². The first kappa shape index (κ1) is 13.3. The molecule has 2 amide bonds. The number of amides is 2. The zero-order chi connectivity index (χ0) is 13.2. The van der Waals surface area contributed by atoms with Gasteiger partial charge < -0.3 is 16.4 Å². The van der Waals surface area contributed by atoms with Gasteiger partial charge in [-0.25, -0.2) is 0 Å². The third kappa shape index (κ3) is 2.83. The van der Waals surface area contributed by atoms with Crippen molar-refractivity contribution in [2.24, 2.45) is 17.1 Å². The summed E-state index contributed by atoms with van der Waals surface area (Å²) in [6, 6.07) is 0.213. The third-order valence-electron chi connectivity index (χ3n) is 4.38. The smallest absolute Gasteiger partial charge is 0.227 e. The van der Waals surface area contributed by atoms with Gasteiger partial charge in [0.1, 0.15) is 0 Å². The van der Waals surface area contributed by atoms with E-state index in [-0.39, 0.29) is 29.2 Å². The average molecular weight is 253 g/mol. The first-order valence-corrected chi connectivity index (χ1v) is 6.82. The lowest BCUT2D eigenvalue weighted by Crippen LogP contribution is -2.47. The summed E-state index contributed by atoms with van der Waals surface area (Å²) in [6.45, 7) is 3.69. The van der Waals surface area contributed by atoms with Crippen molar-refractivity contribution in [3.63, 3.8) is 0 Å². The van der Waals surface area contributed by atoms with E-state index < -0.39 is 0 Å². The van der Waals surface area contributed by atoms with Crippen LogP contribution in [0.5, 0.6) is 0 Å². The summed E-state index contributed by atoms with van der Waals surface area (Å²) in [7, 11) is 0. The van der Waals surface area contributed by atoms with Gasteiger partial charge in [0.25, 0.3) is 0 Å². The summed E-state index contributed by atoms with van der Waals surface area (Å²) in [5, 5.41) is 6.36. The lowest BCUT2D eigenvalue weighted by atomic mass is 9.84. The number of nitrogens with two attached hydrogens (primary N) is 1. The van der Waals surface area contributed by atoms with Gasteiger partial charge in [-0.3, -0.25) is 9.59 Å². The zero-order valence-electron chi connectivity index (χ0n) is 11.0. The average Bonchev–Trinajstić information content (AvgIpc) is 2.78. The molecule has 2 aliphatic rings. The molecular weight excluding hydrogens is 230 g/mol. The molecule has 0 aromatic carbocycles. The topological polar surface area (TPSA) is 84.2 Å². The summed E-state index contributed by atoms with van der Waals surface area (Å²) in [5.74, 6) is -0.0522. The van der Waals surface area contributed by atoms with Crippen molar-refractivity contribution in [3.05, 3.63) is 0 Å². The van der Waals surface area contributed by atoms with Gasteiger partial charge in [0, 0.05) is 18.5 Å². The van der Waals surface area contributed by atoms with E-state index in [0.29, 0.717) is 0 Å². The molecule has 2 rings (SSSR count). The molecule has 1 unspecified atom stereocenters. The Balaban J connectivity index is 1.81. The molecular formula is C13H23N3O2. The van der Waals surface area contributed by atoms with Gasteiger partial charge >= 0.3 is 0 Å². The highest BCUT2D eigenvalue weighted by Crippen LogP contribution is 2.28. The summed E-state index contributed by atoms with van der Waals surface area (Å²) >= 11 is 0. The summed E-state index contributed by atoms with van der Waals surface area (Å²) in [4.78, 5) is 23.3. The number of rotatable bonds is 3. The number of hydrogen-bond donors (Lipinski definition) is 3. The molecule has 102 valence electrons. The van der Waals surface area contributed by atoms with E-state index in [1.54, 1.807) is 0 Å². The van der Waals surface area contributed by atoms with Crippen molar-refractivity contribution in [1.29, 1.82) is 0 Å². The normalized spacial score (nSPS) is 36.3. The van der Waals surface area contributed by atoms with Gasteiger partial charge in [0.2, 0.25) is 11.8 Å². The molecule has 1 saturated heterocycles. The summed E-state index contributed by atoms with van der Waals surface area (Å²) in [6.07, 6.45) is 4.23. The molecule has 0 radical (unpaired) electrons. The van der Waals surface area contributed by atoms with Crippen molar-refractivity contribution >= 4 is 11.8 Å². The van der Waals surface area contributed by atoms with Crippen LogP contribution in [0.15, 0.2) is 0 Å². The fraction of sp³-hybridized carbons (Fsp3) is 0.846. The third-order valence-corrected chi connectivity index (χ3v) is 4.38. The van der Waals surface area contributed by atoms with E-state index in [0.717, 1.165) is 45.2 Å². The molecule has 1 saturated carbocycles. The Bertz CT molecular complexity index is 329. The Labute approximate surface area is 108 Å². The van der Waals surface area contributed by atoms with Crippen molar-refractivity contribution in [3.8, 4) is 0 Å². The van der Waals surface area contributed by atoms with E-state index in [2.05, 4.69) is 10.6 Å². The maximum atomic E-state index is 12.2. The molecule has 1 heterocycles. The van der Waals surface area contributed by atoms with Crippen LogP contribution >= 0.6 is 0 Å². The highest BCUT2D eigenvalue weighted by atomic mass is 16.2. The highest BCUT2D eigenvalue weighted by molar-refractivity contribution is 5.83. The zero-order valence-corrected chi connectivity index (χ0v) is 11.0. The van der Waals surface area contributed by atoms with Crippen LogP contribution in [0.3, 0.4) is 0 Å². The number of hydrogen-bond acceptors (Lipinski definition) is 3. The first-order chi connectivity index (χ1) is 8.51. The standard InChI is InChI=1S/C13H23N3O2/c1-13(6-7-15-8-13)12(18)16-10-4-2-9(3-5-10)11(14)17/h9-10,15H,2-8H2,1H3,(H2,14,17)(H,16,18). The second-order valence-corrected chi connectivity index (χ2v) is 5.91. The van der Waals surface area contributed by atoms with Gasteiger partial charge in [0.05, 0.1) is 5.41 Å². The second kappa shape index (κ2) is 5.26. The minimum atomic E-state index is -0.263. The van der Waals surface area contributed by atoms with Crippen molar-refractivity contribution < 1.29 is 9.59 Å². The Morgan fingerprint density at radius 2 is 1.94 bits per heavy atom. The summed E-state index contributed by atoms with van der Waals surface area (Å²) < 4.78 is 0. The molecule has 5 nitrogen and oxygen atoms in total. The van der Waals surface area contributed by atoms with E-state index >= 15 is 0 Å². The maximum Gasteiger partial charge on any atom is 0.227 e. The number of carbonyl (C=O) groups is 2. The monoisotopic (exact) mass is 253 g/mol. The van der Waals surface area contributed by atoms with Crippen LogP contribution in [0, 0.1) is 11.3 Å². The Morgan fingerprint density at radius 1 is 1.28 bits per heavy atom. The fourth-order valence-electron chi connectivity index (χ4n) is 2.89. The fourth-order valence-corrected chi connectivity index (χ4v) is 2.89. The van der Waals surface area contributed by atoms with Gasteiger partial charge in [-0.15, -0.1) is 0 Å². The minimum Gasteiger partial charge on any atom is -0.369 e. The van der Waals surface area contributed by atoms with Crippen LogP contribution in [-0.4, -0.2) is 30.9 Å². The minimum absolute atomic E-state index is 0.00175. The van der Waals surface area contributed by atoms with E-state index in [4.69, 9.17) is 5.73 Å². The maximum absolute atomic E-state index is 12.2. The lowest BCUT2D eigenvalue weighted by Gasteiger charge is -2.30. The lowest BCUT2D eigenvalue weighted by molar-refractivity contribution is -0.130. The van der Waals surface area contributed by atoms with E-state index in [1.165, 1.54) is 0 Å². The van der Waals surface area contributed by atoms with Crippen molar-refractivity contribution in [2.45, 2.75) is 45.1 Å². The molecule has 5 heteroatoms. The van der Waals surface area contributed by atoms with Gasteiger partial charge in [-0.2, -0.15) is 0 Å². The van der Waals surface area contributed by atoms with Crippen molar-refractivity contribution in [2.75, 3.05) is 13.1 Å². The largest absolute Gasteiger partial charge is 0.369 e. The van der Waals surface area contributed by atoms with Crippen LogP contribution in [0.25, 0.3) is 0 Å². The van der Waals surface area contributed by atoms with Gasteiger partial charge in [-0.05, 0) is 45.6 Å². The molecule has 4 N–H and O–H groups in total. The van der Waals surface area contributed by atoms with Crippen LogP contribution in [0.1, 0.15) is 39.0 Å². The SMILES string of the molecule is CC1(C(=O)NC2CCC(C(N)=O)CC2)CCNC1.